The van der Waals surface area contributed by atoms with E-state index in [0.717, 1.165) is 0 Å². The SMILES string of the molecule is CCOC(=O)C(C)SC(=S)OCC. The maximum atomic E-state index is 11.1. The van der Waals surface area contributed by atoms with Crippen LogP contribution in [0, 0.1) is 0 Å². The first-order valence-corrected chi connectivity index (χ1v) is 5.40. The van der Waals surface area contributed by atoms with Crippen LogP contribution in [0.2, 0.25) is 0 Å². The van der Waals surface area contributed by atoms with E-state index in [2.05, 4.69) is 0 Å². The average molecular weight is 222 g/mol. The van der Waals surface area contributed by atoms with Crippen LogP contribution in [0.25, 0.3) is 0 Å². The molecule has 0 aromatic heterocycles. The van der Waals surface area contributed by atoms with E-state index < -0.39 is 0 Å². The predicted octanol–water partition coefficient (Wildman–Crippen LogP) is 1.99. The largest absolute Gasteiger partial charge is 0.479 e. The topological polar surface area (TPSA) is 35.5 Å². The van der Waals surface area contributed by atoms with Gasteiger partial charge in [-0.15, -0.1) is 0 Å². The highest BCUT2D eigenvalue weighted by Gasteiger charge is 2.17. The van der Waals surface area contributed by atoms with Crippen LogP contribution in [-0.4, -0.2) is 28.8 Å². The number of rotatable bonds is 4. The summed E-state index contributed by atoms with van der Waals surface area (Å²) in [5.41, 5.74) is 0. The number of thioether (sulfide) groups is 1. The zero-order valence-corrected chi connectivity index (χ0v) is 9.67. The molecule has 0 aromatic carbocycles. The lowest BCUT2D eigenvalue weighted by Crippen LogP contribution is -2.18. The Balaban J connectivity index is 3.78. The molecule has 13 heavy (non-hydrogen) atoms. The number of esters is 1. The Morgan fingerprint density at radius 1 is 1.38 bits per heavy atom. The van der Waals surface area contributed by atoms with Crippen molar-refractivity contribution in [2.45, 2.75) is 26.0 Å². The van der Waals surface area contributed by atoms with Crippen molar-refractivity contribution < 1.29 is 14.3 Å². The summed E-state index contributed by atoms with van der Waals surface area (Å²) in [6, 6.07) is 0. The Labute approximate surface area is 88.2 Å². The molecule has 0 aromatic rings. The van der Waals surface area contributed by atoms with Gasteiger partial charge in [0.2, 0.25) is 4.38 Å². The third-order valence-corrected chi connectivity index (χ3v) is 2.42. The monoisotopic (exact) mass is 222 g/mol. The van der Waals surface area contributed by atoms with Gasteiger partial charge in [-0.2, -0.15) is 0 Å². The molecule has 5 heteroatoms. The molecule has 0 aliphatic heterocycles. The summed E-state index contributed by atoms with van der Waals surface area (Å²) in [5, 5.41) is -0.293. The van der Waals surface area contributed by atoms with Crippen molar-refractivity contribution in [1.82, 2.24) is 0 Å². The quantitative estimate of drug-likeness (QED) is 0.537. The molecule has 0 saturated carbocycles. The second kappa shape index (κ2) is 7.15. The maximum absolute atomic E-state index is 11.1. The highest BCUT2D eigenvalue weighted by atomic mass is 32.2. The zero-order chi connectivity index (χ0) is 10.3. The summed E-state index contributed by atoms with van der Waals surface area (Å²) in [6.07, 6.45) is 0. The Hall–Kier alpha value is -0.290. The predicted molar refractivity (Wildman–Crippen MR) is 57.9 cm³/mol. The summed E-state index contributed by atoms with van der Waals surface area (Å²) in [7, 11) is 0. The van der Waals surface area contributed by atoms with Crippen LogP contribution in [0.4, 0.5) is 0 Å². The minimum Gasteiger partial charge on any atom is -0.479 e. The first kappa shape index (κ1) is 12.7. The zero-order valence-electron chi connectivity index (χ0n) is 8.03. The summed E-state index contributed by atoms with van der Waals surface area (Å²) < 4.78 is 10.2. The number of ether oxygens (including phenoxy) is 2. The molecular formula is C8H14O3S2. The second-order valence-electron chi connectivity index (χ2n) is 2.20. The number of hydrogen-bond donors (Lipinski definition) is 0. The molecule has 0 rings (SSSR count). The number of carbonyl (C=O) groups excluding carboxylic acids is 1. The van der Waals surface area contributed by atoms with Gasteiger partial charge in [0.15, 0.2) is 0 Å². The van der Waals surface area contributed by atoms with E-state index in [1.165, 1.54) is 11.8 Å². The van der Waals surface area contributed by atoms with E-state index in [4.69, 9.17) is 21.7 Å². The summed E-state index contributed by atoms with van der Waals surface area (Å²) in [6.45, 7) is 6.29. The van der Waals surface area contributed by atoms with E-state index >= 15 is 0 Å². The Morgan fingerprint density at radius 2 is 1.92 bits per heavy atom. The molecule has 0 heterocycles. The van der Waals surface area contributed by atoms with E-state index in [0.29, 0.717) is 17.6 Å². The van der Waals surface area contributed by atoms with Crippen LogP contribution in [0.1, 0.15) is 20.8 Å². The van der Waals surface area contributed by atoms with Gasteiger partial charge < -0.3 is 9.47 Å². The minimum atomic E-state index is -0.293. The van der Waals surface area contributed by atoms with Gasteiger partial charge in [-0.05, 0) is 33.0 Å². The fourth-order valence-electron chi connectivity index (χ4n) is 0.604. The van der Waals surface area contributed by atoms with Crippen LogP contribution in [-0.2, 0) is 14.3 Å². The van der Waals surface area contributed by atoms with Gasteiger partial charge in [-0.1, -0.05) is 11.8 Å². The van der Waals surface area contributed by atoms with Crippen LogP contribution < -0.4 is 0 Å². The van der Waals surface area contributed by atoms with Gasteiger partial charge in [0.25, 0.3) is 0 Å². The van der Waals surface area contributed by atoms with Crippen LogP contribution >= 0.6 is 24.0 Å². The number of carbonyl (C=O) groups is 1. The van der Waals surface area contributed by atoms with Crippen LogP contribution in [0.3, 0.4) is 0 Å². The molecule has 0 aliphatic rings. The van der Waals surface area contributed by atoms with Crippen molar-refractivity contribution in [3.8, 4) is 0 Å². The third kappa shape index (κ3) is 5.87. The molecule has 0 saturated heterocycles. The highest BCUT2D eigenvalue weighted by molar-refractivity contribution is 8.23. The molecule has 1 atom stereocenters. The first-order valence-electron chi connectivity index (χ1n) is 4.11. The molecule has 0 bridgehead atoms. The third-order valence-electron chi connectivity index (χ3n) is 1.15. The number of thiocarbonyl (C=S) groups is 1. The lowest BCUT2D eigenvalue weighted by molar-refractivity contribution is -0.142. The normalized spacial score (nSPS) is 11.9. The minimum absolute atomic E-state index is 0.255. The van der Waals surface area contributed by atoms with E-state index in [-0.39, 0.29) is 11.2 Å². The van der Waals surface area contributed by atoms with E-state index in [9.17, 15) is 4.79 Å². The van der Waals surface area contributed by atoms with Crippen molar-refractivity contribution in [3.05, 3.63) is 0 Å². The lowest BCUT2D eigenvalue weighted by Gasteiger charge is -2.10. The Bertz CT molecular complexity index is 182. The lowest BCUT2D eigenvalue weighted by atomic mass is 10.5. The van der Waals surface area contributed by atoms with Gasteiger partial charge in [0.05, 0.1) is 13.2 Å². The molecule has 0 N–H and O–H groups in total. The molecule has 0 spiro atoms. The van der Waals surface area contributed by atoms with Crippen molar-refractivity contribution in [3.63, 3.8) is 0 Å². The molecule has 0 amide bonds. The van der Waals surface area contributed by atoms with E-state index in [1.807, 2.05) is 6.92 Å². The molecule has 0 radical (unpaired) electrons. The van der Waals surface area contributed by atoms with Gasteiger partial charge in [0.1, 0.15) is 5.25 Å². The van der Waals surface area contributed by atoms with Gasteiger partial charge in [-0.25, -0.2) is 0 Å². The molecule has 1 unspecified atom stereocenters. The van der Waals surface area contributed by atoms with Crippen molar-refractivity contribution in [1.29, 1.82) is 0 Å². The van der Waals surface area contributed by atoms with Crippen molar-refractivity contribution in [2.75, 3.05) is 13.2 Å². The Kier molecular flexibility index (Phi) is 6.99. The standard InChI is InChI=1S/C8H14O3S2/c1-4-10-7(9)6(3)13-8(12)11-5-2/h6H,4-5H2,1-3H3. The summed E-state index contributed by atoms with van der Waals surface area (Å²) in [4.78, 5) is 11.1. The van der Waals surface area contributed by atoms with Gasteiger partial charge in [-0.3, -0.25) is 4.79 Å². The van der Waals surface area contributed by atoms with Crippen LogP contribution in [0.5, 0.6) is 0 Å². The van der Waals surface area contributed by atoms with Crippen LogP contribution in [0.15, 0.2) is 0 Å². The molecule has 0 aliphatic carbocycles. The van der Waals surface area contributed by atoms with Gasteiger partial charge in [0, 0.05) is 0 Å². The number of hydrogen-bond acceptors (Lipinski definition) is 5. The van der Waals surface area contributed by atoms with Crippen molar-refractivity contribution in [2.24, 2.45) is 0 Å². The van der Waals surface area contributed by atoms with Crippen molar-refractivity contribution >= 4 is 34.3 Å². The fourth-order valence-corrected chi connectivity index (χ4v) is 1.79. The van der Waals surface area contributed by atoms with E-state index in [1.54, 1.807) is 13.8 Å². The smallest absolute Gasteiger partial charge is 0.319 e. The van der Waals surface area contributed by atoms with Gasteiger partial charge >= 0.3 is 5.97 Å². The fraction of sp³-hybridized carbons (Fsp3) is 0.750. The first-order chi connectivity index (χ1) is 6.11. The molecular weight excluding hydrogens is 208 g/mol. The molecule has 0 fully saturated rings. The molecule has 76 valence electrons. The maximum Gasteiger partial charge on any atom is 0.319 e. The Morgan fingerprint density at radius 3 is 2.38 bits per heavy atom. The average Bonchev–Trinajstić information content (AvgIpc) is 2.05. The molecule has 3 nitrogen and oxygen atoms in total. The highest BCUT2D eigenvalue weighted by Crippen LogP contribution is 2.15. The summed E-state index contributed by atoms with van der Waals surface area (Å²) >= 11 is 6.07. The second-order valence-corrected chi connectivity index (χ2v) is 4.14. The summed E-state index contributed by atoms with van der Waals surface area (Å²) in [5.74, 6) is -0.255.